The van der Waals surface area contributed by atoms with E-state index in [9.17, 15) is 30.7 Å². The smallest absolute Gasteiger partial charge is 0.392 e. The highest BCUT2D eigenvalue weighted by atomic mass is 19.4. The Kier molecular flexibility index (Phi) is 3.54. The molecule has 0 unspecified atom stereocenters. The molecule has 1 N–H and O–H groups in total. The number of alkyl halides is 7. The fourth-order valence-corrected chi connectivity index (χ4v) is 0.494. The minimum absolute atomic E-state index is 0.111. The molecule has 0 saturated carbocycles. The van der Waals surface area contributed by atoms with Crippen LogP contribution < -0.4 is 0 Å². The number of allylic oxidation sites excluding steroid dienone is 1. The monoisotopic (exact) mass is 226 g/mol. The molecule has 0 rings (SSSR count). The Hall–Kier alpha value is -0.790. The summed E-state index contributed by atoms with van der Waals surface area (Å²) in [5, 5.41) is 7.95. The first-order chi connectivity index (χ1) is 6.06. The number of hydrogen-bond donors (Lipinski definition) is 1. The van der Waals surface area contributed by atoms with E-state index in [1.54, 1.807) is 0 Å². The van der Waals surface area contributed by atoms with Crippen LogP contribution in [0.15, 0.2) is 12.2 Å². The molecule has 0 aromatic carbocycles. The van der Waals surface area contributed by atoms with Gasteiger partial charge in [-0.2, -0.15) is 30.7 Å². The molecule has 0 radical (unpaired) electrons. The second kappa shape index (κ2) is 3.76. The Morgan fingerprint density at radius 1 is 0.929 bits per heavy atom. The lowest BCUT2D eigenvalue weighted by Gasteiger charge is -2.25. The lowest BCUT2D eigenvalue weighted by Crippen LogP contribution is -2.50. The summed E-state index contributed by atoms with van der Waals surface area (Å²) >= 11 is 0. The van der Waals surface area contributed by atoms with Crippen molar-refractivity contribution >= 4 is 0 Å². The van der Waals surface area contributed by atoms with Gasteiger partial charge in [0.15, 0.2) is 0 Å². The standard InChI is InChI=1S/C6H5F7O/c7-4(8,2-1-3-14)5(9,10)6(11,12)13/h1-2,14H,3H2/b2-1+. The van der Waals surface area contributed by atoms with Gasteiger partial charge in [-0.25, -0.2) is 0 Å². The molecule has 0 aromatic rings. The van der Waals surface area contributed by atoms with Gasteiger partial charge in [-0.3, -0.25) is 0 Å². The summed E-state index contributed by atoms with van der Waals surface area (Å²) < 4.78 is 82.8. The SMILES string of the molecule is OC/C=C/C(F)(F)C(F)(F)C(F)(F)F. The van der Waals surface area contributed by atoms with Crippen molar-refractivity contribution in [3.63, 3.8) is 0 Å². The fourth-order valence-electron chi connectivity index (χ4n) is 0.494. The van der Waals surface area contributed by atoms with Gasteiger partial charge in [0.05, 0.1) is 6.61 Å². The third-order valence-electron chi connectivity index (χ3n) is 1.21. The van der Waals surface area contributed by atoms with Crippen LogP contribution in [0.3, 0.4) is 0 Å². The molecule has 0 aliphatic rings. The zero-order valence-electron chi connectivity index (χ0n) is 6.45. The molecule has 0 aliphatic heterocycles. The molecular formula is C6H5F7O. The number of halogens is 7. The molecule has 0 aliphatic carbocycles. The topological polar surface area (TPSA) is 20.2 Å². The summed E-state index contributed by atoms with van der Waals surface area (Å²) in [4.78, 5) is 0. The lowest BCUT2D eigenvalue weighted by atomic mass is 10.1. The number of aliphatic hydroxyl groups excluding tert-OH is 1. The maximum absolute atomic E-state index is 12.2. The van der Waals surface area contributed by atoms with E-state index >= 15 is 0 Å². The predicted molar refractivity (Wildman–Crippen MR) is 32.2 cm³/mol. The zero-order valence-corrected chi connectivity index (χ0v) is 6.45. The number of aliphatic hydroxyl groups is 1. The first kappa shape index (κ1) is 13.2. The highest BCUT2D eigenvalue weighted by Crippen LogP contribution is 2.46. The zero-order chi connectivity index (χ0) is 11.6. The van der Waals surface area contributed by atoms with E-state index in [1.165, 1.54) is 0 Å². The normalized spacial score (nSPS) is 15.1. The van der Waals surface area contributed by atoms with Crippen LogP contribution in [-0.4, -0.2) is 29.7 Å². The summed E-state index contributed by atoms with van der Waals surface area (Å²) in [5.74, 6) is -11.5. The van der Waals surface area contributed by atoms with Crippen LogP contribution in [0, 0.1) is 0 Å². The fraction of sp³-hybridized carbons (Fsp3) is 0.667. The molecule has 0 bridgehead atoms. The third-order valence-corrected chi connectivity index (χ3v) is 1.21. The molecule has 0 atom stereocenters. The van der Waals surface area contributed by atoms with E-state index in [4.69, 9.17) is 5.11 Å². The Labute approximate surface area is 73.8 Å². The Morgan fingerprint density at radius 3 is 1.64 bits per heavy atom. The van der Waals surface area contributed by atoms with Gasteiger partial charge in [0, 0.05) is 0 Å². The van der Waals surface area contributed by atoms with Gasteiger partial charge in [0.25, 0.3) is 0 Å². The van der Waals surface area contributed by atoms with Crippen LogP contribution in [0.4, 0.5) is 30.7 Å². The molecule has 0 saturated heterocycles. The van der Waals surface area contributed by atoms with Crippen molar-refractivity contribution in [3.05, 3.63) is 12.2 Å². The van der Waals surface area contributed by atoms with Gasteiger partial charge in [-0.15, -0.1) is 0 Å². The van der Waals surface area contributed by atoms with Crippen LogP contribution in [0.25, 0.3) is 0 Å². The van der Waals surface area contributed by atoms with Crippen LogP contribution in [0.2, 0.25) is 0 Å². The molecule has 0 spiro atoms. The van der Waals surface area contributed by atoms with Gasteiger partial charge in [0.2, 0.25) is 0 Å². The maximum atomic E-state index is 12.2. The van der Waals surface area contributed by atoms with E-state index in [1.807, 2.05) is 0 Å². The van der Waals surface area contributed by atoms with Crippen molar-refractivity contribution in [2.45, 2.75) is 18.0 Å². The average molecular weight is 226 g/mol. The highest BCUT2D eigenvalue weighted by molar-refractivity contribution is 5.05. The molecule has 8 heteroatoms. The summed E-state index contributed by atoms with van der Waals surface area (Å²) in [7, 11) is 0. The van der Waals surface area contributed by atoms with Gasteiger partial charge in [-0.05, 0) is 6.08 Å². The minimum atomic E-state index is -6.34. The summed E-state index contributed by atoms with van der Waals surface area (Å²) in [5.41, 5.74) is 0. The summed E-state index contributed by atoms with van der Waals surface area (Å²) in [6, 6.07) is 0. The average Bonchev–Trinajstić information content (AvgIpc) is 1.98. The highest BCUT2D eigenvalue weighted by Gasteiger charge is 2.71. The van der Waals surface area contributed by atoms with Crippen LogP contribution in [-0.2, 0) is 0 Å². The molecule has 0 heterocycles. The number of rotatable bonds is 3. The van der Waals surface area contributed by atoms with E-state index in [0.717, 1.165) is 0 Å². The van der Waals surface area contributed by atoms with Crippen molar-refractivity contribution in [1.82, 2.24) is 0 Å². The van der Waals surface area contributed by atoms with E-state index in [0.29, 0.717) is 0 Å². The molecule has 0 fully saturated rings. The first-order valence-electron chi connectivity index (χ1n) is 3.17. The quantitative estimate of drug-likeness (QED) is 0.578. The van der Waals surface area contributed by atoms with E-state index in [2.05, 4.69) is 0 Å². The van der Waals surface area contributed by atoms with E-state index < -0.39 is 30.7 Å². The molecular weight excluding hydrogens is 221 g/mol. The summed E-state index contributed by atoms with van der Waals surface area (Å²) in [6.07, 6.45) is -6.91. The Morgan fingerprint density at radius 2 is 1.36 bits per heavy atom. The van der Waals surface area contributed by atoms with Crippen molar-refractivity contribution < 1.29 is 35.8 Å². The van der Waals surface area contributed by atoms with Gasteiger partial charge in [-0.1, -0.05) is 6.08 Å². The molecule has 14 heavy (non-hydrogen) atoms. The Balaban J connectivity index is 4.97. The second-order valence-corrected chi connectivity index (χ2v) is 2.28. The first-order valence-corrected chi connectivity index (χ1v) is 3.17. The second-order valence-electron chi connectivity index (χ2n) is 2.28. The van der Waals surface area contributed by atoms with Crippen molar-refractivity contribution in [2.75, 3.05) is 6.61 Å². The van der Waals surface area contributed by atoms with Gasteiger partial charge >= 0.3 is 18.0 Å². The van der Waals surface area contributed by atoms with Gasteiger partial charge < -0.3 is 5.11 Å². The maximum Gasteiger partial charge on any atom is 0.460 e. The molecule has 0 aromatic heterocycles. The minimum Gasteiger partial charge on any atom is -0.392 e. The molecule has 84 valence electrons. The number of hydrogen-bond acceptors (Lipinski definition) is 1. The van der Waals surface area contributed by atoms with Crippen molar-refractivity contribution in [2.24, 2.45) is 0 Å². The van der Waals surface area contributed by atoms with Crippen LogP contribution in [0.1, 0.15) is 0 Å². The molecule has 0 amide bonds. The van der Waals surface area contributed by atoms with Crippen LogP contribution >= 0.6 is 0 Å². The third kappa shape index (κ3) is 2.37. The van der Waals surface area contributed by atoms with Crippen molar-refractivity contribution in [1.29, 1.82) is 0 Å². The summed E-state index contributed by atoms with van der Waals surface area (Å²) in [6.45, 7) is -1.05. The van der Waals surface area contributed by atoms with Crippen molar-refractivity contribution in [3.8, 4) is 0 Å². The van der Waals surface area contributed by atoms with E-state index in [-0.39, 0.29) is 6.08 Å². The molecule has 1 nitrogen and oxygen atoms in total. The Bertz CT molecular complexity index is 217. The largest absolute Gasteiger partial charge is 0.460 e. The van der Waals surface area contributed by atoms with Gasteiger partial charge in [0.1, 0.15) is 0 Å². The lowest BCUT2D eigenvalue weighted by molar-refractivity contribution is -0.341. The van der Waals surface area contributed by atoms with Crippen LogP contribution in [0.5, 0.6) is 0 Å². The predicted octanol–water partition coefficient (Wildman–Crippen LogP) is 2.37.